The molecule has 1 aliphatic heterocycles. The highest BCUT2D eigenvalue weighted by atomic mass is 32.1. The Labute approximate surface area is 218 Å². The minimum Gasteiger partial charge on any atom is -0.454 e. The third-order valence-electron chi connectivity index (χ3n) is 9.34. The SMILES string of the molecule is CC#C[C@]1(O)CC[C@H]2[C@@H]3CCC4=C/C(=N/NC(N)=S)CCC4=C3[C@@H](c3ccc4c(c3)OCO4)C[C@@]21C. The summed E-state index contributed by atoms with van der Waals surface area (Å²) < 4.78 is 11.4. The summed E-state index contributed by atoms with van der Waals surface area (Å²) in [6.07, 6.45) is 8.77. The lowest BCUT2D eigenvalue weighted by Gasteiger charge is -2.53. The molecule has 0 saturated heterocycles. The summed E-state index contributed by atoms with van der Waals surface area (Å²) in [4.78, 5) is 0. The van der Waals surface area contributed by atoms with Crippen LogP contribution in [-0.2, 0) is 0 Å². The van der Waals surface area contributed by atoms with Gasteiger partial charge in [0.2, 0.25) is 6.79 Å². The Morgan fingerprint density at radius 2 is 2.06 bits per heavy atom. The van der Waals surface area contributed by atoms with Crippen molar-refractivity contribution in [3.8, 4) is 23.3 Å². The summed E-state index contributed by atoms with van der Waals surface area (Å²) >= 11 is 4.93. The topological polar surface area (TPSA) is 89.1 Å². The largest absolute Gasteiger partial charge is 0.454 e. The lowest BCUT2D eigenvalue weighted by molar-refractivity contribution is -0.0513. The van der Waals surface area contributed by atoms with E-state index >= 15 is 0 Å². The van der Waals surface area contributed by atoms with Crippen LogP contribution in [0.2, 0.25) is 0 Å². The number of benzene rings is 1. The van der Waals surface area contributed by atoms with Gasteiger partial charge in [0.25, 0.3) is 0 Å². The molecule has 5 aliphatic rings. The molecule has 1 aromatic carbocycles. The Bertz CT molecular complexity index is 1290. The average molecular weight is 504 g/mol. The Hall–Kier alpha value is -2.82. The molecule has 0 aromatic heterocycles. The molecule has 1 heterocycles. The van der Waals surface area contributed by atoms with E-state index in [9.17, 15) is 5.11 Å². The Kier molecular flexibility index (Phi) is 5.66. The van der Waals surface area contributed by atoms with Crippen molar-refractivity contribution < 1.29 is 14.6 Å². The molecule has 0 spiro atoms. The molecule has 36 heavy (non-hydrogen) atoms. The molecule has 6 rings (SSSR count). The fraction of sp³-hybridized carbons (Fsp3) is 0.517. The molecule has 0 amide bonds. The molecule has 6 nitrogen and oxygen atoms in total. The van der Waals surface area contributed by atoms with Gasteiger partial charge >= 0.3 is 0 Å². The maximum absolute atomic E-state index is 11.8. The van der Waals surface area contributed by atoms with Gasteiger partial charge in [-0.1, -0.05) is 24.5 Å². The van der Waals surface area contributed by atoms with Crippen LogP contribution in [0.1, 0.15) is 70.3 Å². The second-order valence-electron chi connectivity index (χ2n) is 11.0. The maximum atomic E-state index is 11.8. The van der Waals surface area contributed by atoms with Gasteiger partial charge in [0.1, 0.15) is 5.60 Å². The third kappa shape index (κ3) is 3.57. The molecule has 4 N–H and O–H groups in total. The Morgan fingerprint density at radius 3 is 2.86 bits per heavy atom. The van der Waals surface area contributed by atoms with Crippen LogP contribution < -0.4 is 20.6 Å². The van der Waals surface area contributed by atoms with Crippen LogP contribution in [0.3, 0.4) is 0 Å². The molecule has 4 aliphatic carbocycles. The molecule has 0 radical (unpaired) electrons. The van der Waals surface area contributed by atoms with Gasteiger partial charge in [0, 0.05) is 11.3 Å². The summed E-state index contributed by atoms with van der Waals surface area (Å²) in [6.45, 7) is 4.39. The molecular formula is C29H33N3O3S. The smallest absolute Gasteiger partial charge is 0.231 e. The lowest BCUT2D eigenvalue weighted by Crippen LogP contribution is -2.51. The second kappa shape index (κ2) is 8.64. The van der Waals surface area contributed by atoms with E-state index in [1.807, 2.05) is 13.0 Å². The predicted molar refractivity (Wildman–Crippen MR) is 144 cm³/mol. The summed E-state index contributed by atoms with van der Waals surface area (Å²) in [6, 6.07) is 6.37. The molecular weight excluding hydrogens is 470 g/mol. The van der Waals surface area contributed by atoms with Gasteiger partial charge in [-0.15, -0.1) is 5.92 Å². The summed E-state index contributed by atoms with van der Waals surface area (Å²) in [5, 5.41) is 16.4. The first kappa shape index (κ1) is 23.6. The molecule has 5 atom stereocenters. The van der Waals surface area contributed by atoms with Crippen molar-refractivity contribution in [2.45, 2.75) is 70.3 Å². The maximum Gasteiger partial charge on any atom is 0.231 e. The van der Waals surface area contributed by atoms with E-state index in [2.05, 4.69) is 47.5 Å². The predicted octanol–water partition coefficient (Wildman–Crippen LogP) is 4.69. The average Bonchev–Trinajstić information content (AvgIpc) is 3.43. The van der Waals surface area contributed by atoms with Crippen LogP contribution in [-0.4, -0.2) is 28.3 Å². The van der Waals surface area contributed by atoms with Crippen molar-refractivity contribution in [3.05, 3.63) is 46.6 Å². The van der Waals surface area contributed by atoms with Crippen molar-refractivity contribution in [1.29, 1.82) is 0 Å². The number of aliphatic hydroxyl groups is 1. The first-order chi connectivity index (χ1) is 17.3. The van der Waals surface area contributed by atoms with Crippen LogP contribution in [0.15, 0.2) is 46.1 Å². The van der Waals surface area contributed by atoms with Crippen molar-refractivity contribution in [2.75, 3.05) is 6.79 Å². The van der Waals surface area contributed by atoms with E-state index < -0.39 is 5.60 Å². The zero-order valence-electron chi connectivity index (χ0n) is 20.9. The standard InChI is InChI=1S/C29H33N3O3S/c1-3-11-29(33)12-10-23-21-7-4-17-13-19(31-32-27(30)36)6-8-20(17)26(21)22(15-28(23,29)2)18-5-9-24-25(14-18)35-16-34-24/h5,9,13-14,21-23,33H,4,6-8,10,12,15-16H2,1-2H3,(H3,30,32,36)/b31-19+/t21-,22+,23-,28-,29-/m0/s1. The van der Waals surface area contributed by atoms with Crippen LogP contribution in [0.5, 0.6) is 11.5 Å². The minimum absolute atomic E-state index is 0.187. The van der Waals surface area contributed by atoms with E-state index in [0.717, 1.165) is 62.2 Å². The summed E-state index contributed by atoms with van der Waals surface area (Å²) in [5.41, 5.74) is 13.8. The van der Waals surface area contributed by atoms with Gasteiger partial charge < -0.3 is 20.3 Å². The van der Waals surface area contributed by atoms with Gasteiger partial charge in [0.05, 0.1) is 5.71 Å². The van der Waals surface area contributed by atoms with E-state index in [4.69, 9.17) is 27.4 Å². The van der Waals surface area contributed by atoms with Crippen molar-refractivity contribution in [3.63, 3.8) is 0 Å². The third-order valence-corrected chi connectivity index (χ3v) is 9.43. The van der Waals surface area contributed by atoms with Gasteiger partial charge in [-0.25, -0.2) is 0 Å². The molecule has 188 valence electrons. The molecule has 7 heteroatoms. The van der Waals surface area contributed by atoms with Crippen molar-refractivity contribution in [2.24, 2.45) is 28.1 Å². The number of allylic oxidation sites excluding steroid dienone is 4. The van der Waals surface area contributed by atoms with Gasteiger partial charge in [-0.3, -0.25) is 5.43 Å². The Morgan fingerprint density at radius 1 is 1.22 bits per heavy atom. The minimum atomic E-state index is -0.952. The molecule has 0 unspecified atom stereocenters. The quantitative estimate of drug-likeness (QED) is 0.308. The number of nitrogens with two attached hydrogens (primary N) is 1. The van der Waals surface area contributed by atoms with E-state index in [0.29, 0.717) is 11.8 Å². The first-order valence-corrected chi connectivity index (χ1v) is 13.4. The van der Waals surface area contributed by atoms with Crippen LogP contribution in [0.4, 0.5) is 0 Å². The fourth-order valence-corrected chi connectivity index (χ4v) is 7.78. The number of hydrogen-bond acceptors (Lipinski definition) is 5. The molecule has 1 aromatic rings. The molecule has 0 bridgehead atoms. The van der Waals surface area contributed by atoms with Crippen molar-refractivity contribution in [1.82, 2.24) is 5.43 Å². The Balaban J connectivity index is 1.48. The number of rotatable bonds is 2. The fourth-order valence-electron chi connectivity index (χ4n) is 7.73. The first-order valence-electron chi connectivity index (χ1n) is 12.9. The second-order valence-corrected chi connectivity index (χ2v) is 11.4. The van der Waals surface area contributed by atoms with Crippen LogP contribution in [0, 0.1) is 29.1 Å². The number of nitrogens with one attached hydrogen (secondary N) is 1. The number of hydrogen-bond donors (Lipinski definition) is 3. The highest BCUT2D eigenvalue weighted by Crippen LogP contribution is 2.66. The van der Waals surface area contributed by atoms with E-state index in [-0.39, 0.29) is 23.2 Å². The summed E-state index contributed by atoms with van der Waals surface area (Å²) in [5.74, 6) is 8.95. The van der Waals surface area contributed by atoms with Gasteiger partial charge in [0.15, 0.2) is 16.6 Å². The zero-order chi connectivity index (χ0) is 25.1. The van der Waals surface area contributed by atoms with Gasteiger partial charge in [-0.2, -0.15) is 5.10 Å². The zero-order valence-corrected chi connectivity index (χ0v) is 21.7. The number of thiocarbonyl (C=S) groups is 1. The van der Waals surface area contributed by atoms with Gasteiger partial charge in [-0.05, 0) is 111 Å². The van der Waals surface area contributed by atoms with E-state index in [1.165, 1.54) is 16.7 Å². The number of fused-ring (bicyclic) bond motifs is 5. The van der Waals surface area contributed by atoms with E-state index in [1.54, 1.807) is 5.57 Å². The lowest BCUT2D eigenvalue weighted by atomic mass is 9.51. The number of nitrogens with zero attached hydrogens (tertiary/aromatic N) is 1. The molecule has 2 fully saturated rings. The van der Waals surface area contributed by atoms with Crippen LogP contribution in [0.25, 0.3) is 0 Å². The van der Waals surface area contributed by atoms with Crippen molar-refractivity contribution >= 4 is 23.0 Å². The highest BCUT2D eigenvalue weighted by Gasteiger charge is 2.62. The number of hydrazone groups is 1. The number of ether oxygens (including phenoxy) is 2. The summed E-state index contributed by atoms with van der Waals surface area (Å²) in [7, 11) is 0. The molecule has 2 saturated carbocycles. The highest BCUT2D eigenvalue weighted by molar-refractivity contribution is 7.80. The van der Waals surface area contributed by atoms with Crippen LogP contribution >= 0.6 is 12.2 Å². The monoisotopic (exact) mass is 503 g/mol. The normalized spacial score (nSPS) is 35.2.